The third-order valence-electron chi connectivity index (χ3n) is 4.85. The lowest BCUT2D eigenvalue weighted by Crippen LogP contribution is -2.36. The van der Waals surface area contributed by atoms with Crippen LogP contribution in [0.25, 0.3) is 10.9 Å². The van der Waals surface area contributed by atoms with Crippen molar-refractivity contribution in [1.29, 1.82) is 0 Å². The second kappa shape index (κ2) is 7.12. The lowest BCUT2D eigenvalue weighted by Gasteiger charge is -2.30. The summed E-state index contributed by atoms with van der Waals surface area (Å²) in [6.07, 6.45) is 7.57. The second-order valence-corrected chi connectivity index (χ2v) is 6.90. The van der Waals surface area contributed by atoms with Crippen LogP contribution in [0.2, 0.25) is 5.02 Å². The van der Waals surface area contributed by atoms with E-state index in [9.17, 15) is 0 Å². The van der Waals surface area contributed by atoms with E-state index in [0.717, 1.165) is 47.6 Å². The molecule has 2 aromatic heterocycles. The van der Waals surface area contributed by atoms with E-state index in [1.807, 2.05) is 48.5 Å². The molecule has 1 aromatic carbocycles. The Morgan fingerprint density at radius 3 is 3.12 bits per heavy atom. The first kappa shape index (κ1) is 16.5. The Hall–Kier alpha value is -1.95. The van der Waals surface area contributed by atoms with Crippen LogP contribution in [0.5, 0.6) is 0 Å². The number of rotatable bonds is 4. The van der Waals surface area contributed by atoms with E-state index >= 15 is 0 Å². The Labute approximate surface area is 152 Å². The van der Waals surface area contributed by atoms with Crippen LogP contribution in [-0.2, 0) is 18.3 Å². The number of hydrogen-bond donors (Lipinski definition) is 1. The summed E-state index contributed by atoms with van der Waals surface area (Å²) in [6, 6.07) is 8.35. The van der Waals surface area contributed by atoms with Crippen molar-refractivity contribution in [1.82, 2.24) is 19.9 Å². The summed E-state index contributed by atoms with van der Waals surface area (Å²) >= 11 is 6.28. The van der Waals surface area contributed by atoms with Crippen LogP contribution in [-0.4, -0.2) is 27.2 Å². The van der Waals surface area contributed by atoms with Crippen molar-refractivity contribution in [2.45, 2.75) is 31.5 Å². The van der Waals surface area contributed by atoms with E-state index in [0.29, 0.717) is 6.04 Å². The summed E-state index contributed by atoms with van der Waals surface area (Å²) in [7, 11) is 2.01. The number of pyridine rings is 1. The van der Waals surface area contributed by atoms with Gasteiger partial charge >= 0.3 is 0 Å². The van der Waals surface area contributed by atoms with Crippen molar-refractivity contribution < 1.29 is 4.74 Å². The van der Waals surface area contributed by atoms with Crippen LogP contribution < -0.4 is 5.32 Å². The zero-order chi connectivity index (χ0) is 17.2. The smallest absolute Gasteiger partial charge is 0.100 e. The molecule has 4 rings (SSSR count). The van der Waals surface area contributed by atoms with E-state index in [-0.39, 0.29) is 6.10 Å². The third-order valence-corrected chi connectivity index (χ3v) is 5.18. The minimum atomic E-state index is 0.0961. The zero-order valence-electron chi connectivity index (χ0n) is 14.2. The van der Waals surface area contributed by atoms with Crippen LogP contribution in [0.4, 0.5) is 0 Å². The number of nitrogens with one attached hydrogen (secondary N) is 1. The number of halogens is 1. The van der Waals surface area contributed by atoms with Gasteiger partial charge in [-0.3, -0.25) is 4.98 Å². The lowest BCUT2D eigenvalue weighted by atomic mass is 10.0. The number of benzene rings is 1. The van der Waals surface area contributed by atoms with Crippen molar-refractivity contribution in [3.05, 3.63) is 59.3 Å². The number of nitrogens with zero attached hydrogens (tertiary/aromatic N) is 3. The molecule has 6 heteroatoms. The van der Waals surface area contributed by atoms with Crippen LogP contribution >= 0.6 is 11.6 Å². The summed E-state index contributed by atoms with van der Waals surface area (Å²) in [5.41, 5.74) is 3.27. The summed E-state index contributed by atoms with van der Waals surface area (Å²) < 4.78 is 7.97. The summed E-state index contributed by atoms with van der Waals surface area (Å²) in [5, 5.41) is 5.42. The zero-order valence-corrected chi connectivity index (χ0v) is 14.9. The maximum Gasteiger partial charge on any atom is 0.100 e. The molecule has 3 heterocycles. The molecule has 0 spiro atoms. The Kier molecular flexibility index (Phi) is 4.70. The normalized spacial score (nSPS) is 20.9. The average Bonchev–Trinajstić information content (AvgIpc) is 3.08. The number of aryl methyl sites for hydroxylation is 1. The summed E-state index contributed by atoms with van der Waals surface area (Å²) in [6.45, 7) is 1.53. The van der Waals surface area contributed by atoms with E-state index in [2.05, 4.69) is 21.4 Å². The van der Waals surface area contributed by atoms with Gasteiger partial charge in [0.05, 0.1) is 23.7 Å². The first-order valence-corrected chi connectivity index (χ1v) is 8.93. The van der Waals surface area contributed by atoms with Gasteiger partial charge in [0.15, 0.2) is 0 Å². The molecule has 2 atom stereocenters. The van der Waals surface area contributed by atoms with E-state index < -0.39 is 0 Å². The minimum Gasteiger partial charge on any atom is -0.372 e. The fraction of sp³-hybridized carbons (Fsp3) is 0.368. The number of aromatic nitrogens is 3. The molecule has 1 fully saturated rings. The number of imidazole rings is 1. The van der Waals surface area contributed by atoms with Crippen molar-refractivity contribution in [2.24, 2.45) is 7.05 Å². The third kappa shape index (κ3) is 3.40. The molecule has 1 saturated heterocycles. The fourth-order valence-electron chi connectivity index (χ4n) is 3.46. The van der Waals surface area contributed by atoms with Gasteiger partial charge in [0.1, 0.15) is 6.10 Å². The Morgan fingerprint density at radius 2 is 2.28 bits per heavy atom. The van der Waals surface area contributed by atoms with E-state index in [1.165, 1.54) is 5.56 Å². The van der Waals surface area contributed by atoms with Crippen LogP contribution in [0.1, 0.15) is 30.2 Å². The Balaban J connectivity index is 1.47. The molecule has 130 valence electrons. The van der Waals surface area contributed by atoms with Gasteiger partial charge < -0.3 is 14.6 Å². The lowest BCUT2D eigenvalue weighted by molar-refractivity contribution is -0.00402. The monoisotopic (exact) mass is 356 g/mol. The molecule has 0 saturated carbocycles. The molecule has 1 aliphatic rings. The first-order chi connectivity index (χ1) is 12.2. The van der Waals surface area contributed by atoms with Crippen molar-refractivity contribution in [3.8, 4) is 0 Å². The minimum absolute atomic E-state index is 0.0961. The maximum absolute atomic E-state index is 6.28. The van der Waals surface area contributed by atoms with Crippen LogP contribution in [0.15, 0.2) is 43.0 Å². The molecular weight excluding hydrogens is 336 g/mol. The molecular formula is C19H21ClN4O. The van der Waals surface area contributed by atoms with Crippen molar-refractivity contribution in [2.75, 3.05) is 6.61 Å². The van der Waals surface area contributed by atoms with Crippen molar-refractivity contribution in [3.63, 3.8) is 0 Å². The first-order valence-electron chi connectivity index (χ1n) is 8.55. The highest BCUT2D eigenvalue weighted by atomic mass is 35.5. The molecule has 1 aliphatic heterocycles. The van der Waals surface area contributed by atoms with Gasteiger partial charge in [0.2, 0.25) is 0 Å². The summed E-state index contributed by atoms with van der Waals surface area (Å²) in [4.78, 5) is 8.71. The van der Waals surface area contributed by atoms with Crippen molar-refractivity contribution >= 4 is 22.5 Å². The molecule has 25 heavy (non-hydrogen) atoms. The Morgan fingerprint density at radius 1 is 1.36 bits per heavy atom. The SMILES string of the molecule is Cn1cncc1[C@H]1C[C@H](NCc2ccc(Cl)c3cccnc23)CCO1. The molecule has 0 radical (unpaired) electrons. The molecule has 0 aliphatic carbocycles. The van der Waals surface area contributed by atoms with Crippen LogP contribution in [0.3, 0.4) is 0 Å². The largest absolute Gasteiger partial charge is 0.372 e. The summed E-state index contributed by atoms with van der Waals surface area (Å²) in [5.74, 6) is 0. The average molecular weight is 357 g/mol. The predicted octanol–water partition coefficient (Wildman–Crippen LogP) is 3.63. The number of ether oxygens (including phenoxy) is 1. The Bertz CT molecular complexity index is 879. The van der Waals surface area contributed by atoms with Gasteiger partial charge in [-0.05, 0) is 36.6 Å². The van der Waals surface area contributed by atoms with E-state index in [4.69, 9.17) is 16.3 Å². The molecule has 3 aromatic rings. The van der Waals surface area contributed by atoms with Gasteiger partial charge in [0, 0.05) is 42.8 Å². The predicted molar refractivity (Wildman–Crippen MR) is 98.5 cm³/mol. The highest BCUT2D eigenvalue weighted by Crippen LogP contribution is 2.29. The van der Waals surface area contributed by atoms with Gasteiger partial charge in [-0.25, -0.2) is 4.98 Å². The molecule has 5 nitrogen and oxygen atoms in total. The highest BCUT2D eigenvalue weighted by Gasteiger charge is 2.25. The van der Waals surface area contributed by atoms with Gasteiger partial charge in [-0.1, -0.05) is 17.7 Å². The van der Waals surface area contributed by atoms with Crippen LogP contribution in [0, 0.1) is 0 Å². The van der Waals surface area contributed by atoms with Gasteiger partial charge in [-0.2, -0.15) is 0 Å². The quantitative estimate of drug-likeness (QED) is 0.775. The highest BCUT2D eigenvalue weighted by molar-refractivity contribution is 6.35. The topological polar surface area (TPSA) is 52.0 Å². The number of fused-ring (bicyclic) bond motifs is 1. The van der Waals surface area contributed by atoms with E-state index in [1.54, 1.807) is 0 Å². The fourth-order valence-corrected chi connectivity index (χ4v) is 3.67. The number of hydrogen-bond acceptors (Lipinski definition) is 4. The molecule has 0 amide bonds. The standard InChI is InChI=1S/C19H21ClN4O/c1-24-12-21-11-17(24)18-9-14(6-8-25-18)23-10-13-4-5-16(20)15-3-2-7-22-19(13)15/h2-5,7,11-12,14,18,23H,6,8-10H2,1H3/t14-,18-/m1/s1. The second-order valence-electron chi connectivity index (χ2n) is 6.50. The van der Waals surface area contributed by atoms with Gasteiger partial charge in [-0.15, -0.1) is 0 Å². The maximum atomic E-state index is 6.28. The molecule has 0 unspecified atom stereocenters. The van der Waals surface area contributed by atoms with Gasteiger partial charge in [0.25, 0.3) is 0 Å². The molecule has 1 N–H and O–H groups in total. The molecule has 0 bridgehead atoms.